The monoisotopic (exact) mass is 485 g/mol. The molecule has 0 unspecified atom stereocenters. The van der Waals surface area contributed by atoms with Crippen LogP contribution in [0.3, 0.4) is 0 Å². The molecule has 2 aromatic carbocycles. The number of aromatic nitrogens is 4. The van der Waals surface area contributed by atoms with Crippen molar-refractivity contribution in [2.24, 2.45) is 16.5 Å². The molecule has 0 atom stereocenters. The van der Waals surface area contributed by atoms with Gasteiger partial charge in [-0.3, -0.25) is 4.57 Å². The summed E-state index contributed by atoms with van der Waals surface area (Å²) >= 11 is 0. The topological polar surface area (TPSA) is 160 Å². The Morgan fingerprint density at radius 3 is 2.56 bits per heavy atom. The summed E-state index contributed by atoms with van der Waals surface area (Å²) in [5.74, 6) is 0.388. The molecule has 2 amide bonds. The van der Waals surface area contributed by atoms with Crippen molar-refractivity contribution in [3.05, 3.63) is 77.0 Å². The normalized spacial score (nSPS) is 14.1. The van der Waals surface area contributed by atoms with E-state index in [1.54, 1.807) is 12.4 Å². The average molecular weight is 486 g/mol. The summed E-state index contributed by atoms with van der Waals surface area (Å²) in [6.07, 6.45) is 5.27. The number of anilines is 1. The second-order valence-corrected chi connectivity index (χ2v) is 8.70. The molecule has 1 aliphatic heterocycles. The first kappa shape index (κ1) is 23.1. The Labute approximate surface area is 206 Å². The molecule has 36 heavy (non-hydrogen) atoms. The third kappa shape index (κ3) is 4.90. The van der Waals surface area contributed by atoms with Gasteiger partial charge in [0.2, 0.25) is 5.95 Å². The molecule has 11 nitrogen and oxygen atoms in total. The van der Waals surface area contributed by atoms with Crippen LogP contribution in [0.2, 0.25) is 0 Å². The van der Waals surface area contributed by atoms with Crippen molar-refractivity contribution in [3.63, 3.8) is 0 Å². The number of carbonyl (C=O) groups is 1. The second-order valence-electron chi connectivity index (χ2n) is 8.70. The molecule has 6 N–H and O–H groups in total. The number of imidazole rings is 1. The molecule has 5 rings (SSSR count). The van der Waals surface area contributed by atoms with E-state index in [9.17, 15) is 9.59 Å². The highest BCUT2D eigenvalue weighted by atomic mass is 16.2. The van der Waals surface area contributed by atoms with Crippen molar-refractivity contribution in [1.82, 2.24) is 24.8 Å². The predicted octanol–water partition coefficient (Wildman–Crippen LogP) is 2.11. The summed E-state index contributed by atoms with van der Waals surface area (Å²) in [6, 6.07) is 15.1. The molecule has 184 valence electrons. The number of nitrogens with one attached hydrogen (secondary N) is 2. The summed E-state index contributed by atoms with van der Waals surface area (Å²) in [5, 5.41) is 2.64. The molecule has 1 fully saturated rings. The molecular formula is C25H27N9O2. The Balaban J connectivity index is 1.23. The van der Waals surface area contributed by atoms with Crippen LogP contribution in [-0.4, -0.2) is 44.6 Å². The van der Waals surface area contributed by atoms with Crippen molar-refractivity contribution < 1.29 is 4.79 Å². The van der Waals surface area contributed by atoms with Crippen LogP contribution in [0.15, 0.2) is 70.7 Å². The molecule has 0 aliphatic carbocycles. The van der Waals surface area contributed by atoms with Gasteiger partial charge in [0.15, 0.2) is 5.96 Å². The van der Waals surface area contributed by atoms with Gasteiger partial charge in [0.1, 0.15) is 0 Å². The number of H-pyrrole nitrogens is 1. The molecule has 0 saturated carbocycles. The van der Waals surface area contributed by atoms with Crippen LogP contribution in [0.1, 0.15) is 24.4 Å². The van der Waals surface area contributed by atoms with Crippen LogP contribution in [0, 0.1) is 0 Å². The largest absolute Gasteiger partial charge is 0.370 e. The van der Waals surface area contributed by atoms with Crippen LogP contribution in [-0.2, 0) is 6.54 Å². The van der Waals surface area contributed by atoms with E-state index in [2.05, 4.69) is 30.2 Å². The lowest BCUT2D eigenvalue weighted by molar-refractivity contribution is 0.249. The van der Waals surface area contributed by atoms with Gasteiger partial charge < -0.3 is 26.7 Å². The number of benzene rings is 2. The molecule has 2 aromatic heterocycles. The van der Waals surface area contributed by atoms with Gasteiger partial charge in [0.05, 0.1) is 11.0 Å². The minimum atomic E-state index is -0.591. The maximum absolute atomic E-state index is 12.5. The van der Waals surface area contributed by atoms with Gasteiger partial charge in [-0.1, -0.05) is 30.3 Å². The highest BCUT2D eigenvalue weighted by Gasteiger charge is 2.24. The number of nitrogens with zero attached hydrogens (tertiary/aromatic N) is 5. The Hall–Kier alpha value is -4.67. The number of urea groups is 1. The molecule has 4 aromatic rings. The fraction of sp³-hybridized carbons (Fsp3) is 0.240. The number of fused-ring (bicyclic) bond motifs is 1. The van der Waals surface area contributed by atoms with Crippen LogP contribution in [0.5, 0.6) is 0 Å². The van der Waals surface area contributed by atoms with E-state index in [-0.39, 0.29) is 24.2 Å². The summed E-state index contributed by atoms with van der Waals surface area (Å²) in [6.45, 7) is 1.82. The number of carbonyl (C=O) groups excluding carboxylic acids is 1. The first-order valence-corrected chi connectivity index (χ1v) is 11.7. The van der Waals surface area contributed by atoms with Crippen LogP contribution < -0.4 is 27.4 Å². The summed E-state index contributed by atoms with van der Waals surface area (Å²) in [5.41, 5.74) is 14.9. The number of aromatic amines is 1. The van der Waals surface area contributed by atoms with Gasteiger partial charge in [-0.2, -0.15) is 4.99 Å². The predicted molar refractivity (Wildman–Crippen MR) is 139 cm³/mol. The molecule has 11 heteroatoms. The Morgan fingerprint density at radius 1 is 1.06 bits per heavy atom. The number of amides is 2. The van der Waals surface area contributed by atoms with E-state index in [1.165, 1.54) is 0 Å². The Morgan fingerprint density at radius 2 is 1.81 bits per heavy atom. The van der Waals surface area contributed by atoms with Crippen LogP contribution in [0.4, 0.5) is 10.7 Å². The Bertz CT molecular complexity index is 1460. The fourth-order valence-corrected chi connectivity index (χ4v) is 4.59. The van der Waals surface area contributed by atoms with Crippen molar-refractivity contribution >= 4 is 29.0 Å². The average Bonchev–Trinajstić information content (AvgIpc) is 3.23. The minimum Gasteiger partial charge on any atom is -0.370 e. The van der Waals surface area contributed by atoms with E-state index >= 15 is 0 Å². The van der Waals surface area contributed by atoms with Crippen molar-refractivity contribution in [2.45, 2.75) is 25.4 Å². The maximum atomic E-state index is 12.5. The number of guanidine groups is 1. The summed E-state index contributed by atoms with van der Waals surface area (Å²) < 4.78 is 1.88. The van der Waals surface area contributed by atoms with Gasteiger partial charge in [0.25, 0.3) is 0 Å². The standard InChI is InChI=1S/C25H27N9O2/c26-22(27)32-24(35)30-13-16-4-3-5-17(12-16)18-14-28-23(29-15-18)33-10-8-19(9-11-33)34-21-7-2-1-6-20(21)31-25(34)36/h1-7,12,14-15,19H,8-11,13H2,(H,31,36)(H5,26,27,30,32,35). The first-order chi connectivity index (χ1) is 17.5. The first-order valence-electron chi connectivity index (χ1n) is 11.7. The fourth-order valence-electron chi connectivity index (χ4n) is 4.59. The van der Waals surface area contributed by atoms with Crippen LogP contribution in [0.25, 0.3) is 22.2 Å². The Kier molecular flexibility index (Phi) is 6.35. The number of aliphatic imine (C=N–C) groups is 1. The number of hydrogen-bond acceptors (Lipinski definition) is 5. The SMILES string of the molecule is NC(N)=NC(=O)NCc1cccc(-c2cnc(N3CCC(n4c(=O)[nH]c5ccccc54)CC3)nc2)c1. The van der Waals surface area contributed by atoms with E-state index < -0.39 is 6.03 Å². The van der Waals surface area contributed by atoms with Crippen molar-refractivity contribution in [2.75, 3.05) is 18.0 Å². The molecule has 0 bridgehead atoms. The van der Waals surface area contributed by atoms with Gasteiger partial charge in [-0.05, 0) is 42.2 Å². The number of rotatable bonds is 5. The van der Waals surface area contributed by atoms with E-state index in [0.717, 1.165) is 53.7 Å². The third-order valence-electron chi connectivity index (χ3n) is 6.31. The quantitative estimate of drug-likeness (QED) is 0.249. The molecular weight excluding hydrogens is 458 g/mol. The summed E-state index contributed by atoms with van der Waals surface area (Å²) in [4.78, 5) is 41.9. The lowest BCUT2D eigenvalue weighted by Gasteiger charge is -2.32. The molecule has 0 radical (unpaired) electrons. The number of para-hydroxylation sites is 2. The molecule has 0 spiro atoms. The third-order valence-corrected chi connectivity index (χ3v) is 6.31. The zero-order valence-corrected chi connectivity index (χ0v) is 19.6. The molecule has 1 saturated heterocycles. The van der Waals surface area contributed by atoms with Gasteiger partial charge in [0, 0.05) is 43.6 Å². The van der Waals surface area contributed by atoms with E-state index in [4.69, 9.17) is 11.5 Å². The zero-order chi connectivity index (χ0) is 25.1. The number of hydrogen-bond donors (Lipinski definition) is 4. The highest BCUT2D eigenvalue weighted by molar-refractivity contribution is 5.90. The van der Waals surface area contributed by atoms with Gasteiger partial charge in [-0.15, -0.1) is 0 Å². The van der Waals surface area contributed by atoms with Crippen molar-refractivity contribution in [3.8, 4) is 11.1 Å². The van der Waals surface area contributed by atoms with Crippen LogP contribution >= 0.6 is 0 Å². The van der Waals surface area contributed by atoms with E-state index in [1.807, 2.05) is 53.1 Å². The maximum Gasteiger partial charge on any atom is 0.344 e. The zero-order valence-electron chi connectivity index (χ0n) is 19.6. The highest BCUT2D eigenvalue weighted by Crippen LogP contribution is 2.27. The van der Waals surface area contributed by atoms with Crippen molar-refractivity contribution in [1.29, 1.82) is 0 Å². The summed E-state index contributed by atoms with van der Waals surface area (Å²) in [7, 11) is 0. The molecule has 3 heterocycles. The van der Waals surface area contributed by atoms with Gasteiger partial charge in [-0.25, -0.2) is 19.6 Å². The van der Waals surface area contributed by atoms with E-state index in [0.29, 0.717) is 5.95 Å². The molecule has 1 aliphatic rings. The lowest BCUT2D eigenvalue weighted by atomic mass is 10.0. The number of nitrogens with two attached hydrogens (primary N) is 2. The number of piperidine rings is 1. The lowest BCUT2D eigenvalue weighted by Crippen LogP contribution is -2.37. The minimum absolute atomic E-state index is 0.0618. The second kappa shape index (κ2) is 9.90. The van der Waals surface area contributed by atoms with Gasteiger partial charge >= 0.3 is 11.7 Å². The smallest absolute Gasteiger partial charge is 0.344 e.